The van der Waals surface area contributed by atoms with E-state index in [2.05, 4.69) is 19.2 Å². The maximum atomic E-state index is 11.8. The van der Waals surface area contributed by atoms with Crippen molar-refractivity contribution in [3.63, 3.8) is 0 Å². The Hall–Kier alpha value is -1.51. The quantitative estimate of drug-likeness (QED) is 0.871. The SMILES string of the molecule is Cc1cccc(O[C@H](C)C(=O)NCC(C)C)c1C. The molecule has 0 saturated carbocycles. The van der Waals surface area contributed by atoms with Gasteiger partial charge in [-0.2, -0.15) is 0 Å². The number of benzene rings is 1. The molecule has 0 fully saturated rings. The lowest BCUT2D eigenvalue weighted by molar-refractivity contribution is -0.127. The van der Waals surface area contributed by atoms with Crippen LogP contribution in [-0.2, 0) is 4.79 Å². The molecule has 0 aliphatic rings. The number of aryl methyl sites for hydroxylation is 1. The average Bonchev–Trinajstić information content (AvgIpc) is 2.31. The molecule has 1 aromatic rings. The molecule has 1 amide bonds. The van der Waals surface area contributed by atoms with Gasteiger partial charge in [0.2, 0.25) is 0 Å². The Morgan fingerprint density at radius 1 is 1.28 bits per heavy atom. The Balaban J connectivity index is 2.61. The van der Waals surface area contributed by atoms with E-state index in [4.69, 9.17) is 4.74 Å². The highest BCUT2D eigenvalue weighted by Gasteiger charge is 2.15. The minimum Gasteiger partial charge on any atom is -0.481 e. The minimum absolute atomic E-state index is 0.0652. The lowest BCUT2D eigenvalue weighted by Gasteiger charge is -2.17. The van der Waals surface area contributed by atoms with Gasteiger partial charge in [0, 0.05) is 6.54 Å². The van der Waals surface area contributed by atoms with E-state index in [1.54, 1.807) is 6.92 Å². The van der Waals surface area contributed by atoms with Crippen LogP contribution in [-0.4, -0.2) is 18.6 Å². The van der Waals surface area contributed by atoms with Gasteiger partial charge < -0.3 is 10.1 Å². The molecule has 1 N–H and O–H groups in total. The van der Waals surface area contributed by atoms with Crippen LogP contribution in [0.3, 0.4) is 0 Å². The third-order valence-electron chi connectivity index (χ3n) is 2.91. The maximum Gasteiger partial charge on any atom is 0.260 e. The van der Waals surface area contributed by atoms with Gasteiger partial charge in [-0.1, -0.05) is 26.0 Å². The molecule has 1 aromatic carbocycles. The van der Waals surface area contributed by atoms with Crippen LogP contribution in [0.1, 0.15) is 31.9 Å². The molecule has 0 radical (unpaired) electrons. The summed E-state index contributed by atoms with van der Waals surface area (Å²) < 4.78 is 5.71. The summed E-state index contributed by atoms with van der Waals surface area (Å²) in [4.78, 5) is 11.8. The van der Waals surface area contributed by atoms with Crippen LogP contribution in [0.2, 0.25) is 0 Å². The number of hydrogen-bond donors (Lipinski definition) is 1. The Kier molecular flexibility index (Phi) is 5.20. The smallest absolute Gasteiger partial charge is 0.260 e. The number of nitrogens with one attached hydrogen (secondary N) is 1. The summed E-state index contributed by atoms with van der Waals surface area (Å²) >= 11 is 0. The predicted octanol–water partition coefficient (Wildman–Crippen LogP) is 2.84. The third-order valence-corrected chi connectivity index (χ3v) is 2.91. The van der Waals surface area contributed by atoms with Crippen molar-refractivity contribution >= 4 is 5.91 Å². The topological polar surface area (TPSA) is 38.3 Å². The van der Waals surface area contributed by atoms with Crippen molar-refractivity contribution in [3.8, 4) is 5.75 Å². The average molecular weight is 249 g/mol. The van der Waals surface area contributed by atoms with Crippen molar-refractivity contribution < 1.29 is 9.53 Å². The Morgan fingerprint density at radius 2 is 1.94 bits per heavy atom. The van der Waals surface area contributed by atoms with Crippen molar-refractivity contribution in [2.75, 3.05) is 6.54 Å². The van der Waals surface area contributed by atoms with Crippen LogP contribution in [0.5, 0.6) is 5.75 Å². The molecule has 0 bridgehead atoms. The first-order valence-electron chi connectivity index (χ1n) is 6.42. The molecular weight excluding hydrogens is 226 g/mol. The number of ether oxygens (including phenoxy) is 1. The zero-order valence-electron chi connectivity index (χ0n) is 11.9. The molecule has 0 spiro atoms. The summed E-state index contributed by atoms with van der Waals surface area (Å²) in [6.07, 6.45) is -0.468. The molecule has 3 heteroatoms. The zero-order valence-corrected chi connectivity index (χ0v) is 11.9. The number of rotatable bonds is 5. The molecule has 0 aromatic heterocycles. The van der Waals surface area contributed by atoms with Gasteiger partial charge in [0.25, 0.3) is 5.91 Å². The van der Waals surface area contributed by atoms with E-state index in [-0.39, 0.29) is 5.91 Å². The molecule has 1 atom stereocenters. The molecule has 18 heavy (non-hydrogen) atoms. The largest absolute Gasteiger partial charge is 0.481 e. The summed E-state index contributed by atoms with van der Waals surface area (Å²) in [5, 5.41) is 2.87. The van der Waals surface area contributed by atoms with Crippen LogP contribution in [0, 0.1) is 19.8 Å². The molecule has 3 nitrogen and oxygen atoms in total. The van der Waals surface area contributed by atoms with Gasteiger partial charge in [-0.25, -0.2) is 0 Å². The standard InChI is InChI=1S/C15H23NO2/c1-10(2)9-16-15(17)13(5)18-14-8-6-7-11(3)12(14)4/h6-8,10,13H,9H2,1-5H3,(H,16,17)/t13-/m1/s1. The molecule has 0 aliphatic heterocycles. The van der Waals surface area contributed by atoms with Crippen LogP contribution in [0.4, 0.5) is 0 Å². The number of carbonyl (C=O) groups excluding carboxylic acids is 1. The van der Waals surface area contributed by atoms with E-state index in [9.17, 15) is 4.79 Å². The second-order valence-corrected chi connectivity index (χ2v) is 5.10. The van der Waals surface area contributed by atoms with Gasteiger partial charge in [0.05, 0.1) is 0 Å². The maximum absolute atomic E-state index is 11.8. The molecule has 0 heterocycles. The zero-order chi connectivity index (χ0) is 13.7. The highest BCUT2D eigenvalue weighted by molar-refractivity contribution is 5.80. The number of carbonyl (C=O) groups is 1. The van der Waals surface area contributed by atoms with E-state index < -0.39 is 6.10 Å². The summed E-state index contributed by atoms with van der Waals surface area (Å²) in [6, 6.07) is 5.87. The summed E-state index contributed by atoms with van der Waals surface area (Å²) in [5.74, 6) is 1.16. The van der Waals surface area contributed by atoms with Gasteiger partial charge in [-0.05, 0) is 43.9 Å². The fraction of sp³-hybridized carbons (Fsp3) is 0.533. The molecule has 100 valence electrons. The van der Waals surface area contributed by atoms with Crippen molar-refractivity contribution in [1.82, 2.24) is 5.32 Å². The third kappa shape index (κ3) is 4.06. The highest BCUT2D eigenvalue weighted by atomic mass is 16.5. The van der Waals surface area contributed by atoms with Gasteiger partial charge in [-0.3, -0.25) is 4.79 Å². The number of amides is 1. The van der Waals surface area contributed by atoms with Crippen molar-refractivity contribution in [2.45, 2.75) is 40.7 Å². The van der Waals surface area contributed by atoms with Crippen LogP contribution >= 0.6 is 0 Å². The monoisotopic (exact) mass is 249 g/mol. The normalized spacial score (nSPS) is 12.3. The van der Waals surface area contributed by atoms with Gasteiger partial charge >= 0.3 is 0 Å². The van der Waals surface area contributed by atoms with E-state index in [0.29, 0.717) is 12.5 Å². The van der Waals surface area contributed by atoms with Crippen LogP contribution < -0.4 is 10.1 Å². The summed E-state index contributed by atoms with van der Waals surface area (Å²) in [7, 11) is 0. The lowest BCUT2D eigenvalue weighted by Crippen LogP contribution is -2.38. The summed E-state index contributed by atoms with van der Waals surface area (Å²) in [5.41, 5.74) is 2.25. The molecular formula is C15H23NO2. The first-order valence-corrected chi connectivity index (χ1v) is 6.42. The predicted molar refractivity (Wildman–Crippen MR) is 73.9 cm³/mol. The van der Waals surface area contributed by atoms with E-state index in [1.165, 1.54) is 5.56 Å². The minimum atomic E-state index is -0.468. The fourth-order valence-electron chi connectivity index (χ4n) is 1.54. The van der Waals surface area contributed by atoms with Gasteiger partial charge in [0.15, 0.2) is 6.10 Å². The second kappa shape index (κ2) is 6.43. The van der Waals surface area contributed by atoms with E-state index >= 15 is 0 Å². The Labute approximate surface area is 110 Å². The lowest BCUT2D eigenvalue weighted by atomic mass is 10.1. The number of hydrogen-bond acceptors (Lipinski definition) is 2. The highest BCUT2D eigenvalue weighted by Crippen LogP contribution is 2.21. The van der Waals surface area contributed by atoms with Gasteiger partial charge in [-0.15, -0.1) is 0 Å². The van der Waals surface area contributed by atoms with E-state index in [0.717, 1.165) is 11.3 Å². The molecule has 0 aliphatic carbocycles. The first-order chi connectivity index (χ1) is 8.41. The van der Waals surface area contributed by atoms with Crippen LogP contribution in [0.25, 0.3) is 0 Å². The van der Waals surface area contributed by atoms with Crippen molar-refractivity contribution in [1.29, 1.82) is 0 Å². The molecule has 0 unspecified atom stereocenters. The Morgan fingerprint density at radius 3 is 2.56 bits per heavy atom. The Bertz CT molecular complexity index is 413. The molecule has 0 saturated heterocycles. The van der Waals surface area contributed by atoms with E-state index in [1.807, 2.05) is 32.0 Å². The second-order valence-electron chi connectivity index (χ2n) is 5.10. The summed E-state index contributed by atoms with van der Waals surface area (Å²) in [6.45, 7) is 10.6. The van der Waals surface area contributed by atoms with Gasteiger partial charge in [0.1, 0.15) is 5.75 Å². The first kappa shape index (κ1) is 14.6. The molecule has 1 rings (SSSR count). The van der Waals surface area contributed by atoms with Crippen LogP contribution in [0.15, 0.2) is 18.2 Å². The fourth-order valence-corrected chi connectivity index (χ4v) is 1.54. The van der Waals surface area contributed by atoms with Crippen molar-refractivity contribution in [2.24, 2.45) is 5.92 Å². The van der Waals surface area contributed by atoms with Crippen molar-refractivity contribution in [3.05, 3.63) is 29.3 Å².